The number of amides is 2. The van der Waals surface area contributed by atoms with Crippen molar-refractivity contribution in [2.24, 2.45) is 0 Å². The van der Waals surface area contributed by atoms with Gasteiger partial charge in [-0.1, -0.05) is 18.2 Å². The summed E-state index contributed by atoms with van der Waals surface area (Å²) >= 11 is 10.6. The third-order valence-electron chi connectivity index (χ3n) is 1.49. The van der Waals surface area contributed by atoms with E-state index in [-0.39, 0.29) is 0 Å². The number of hydrogen-bond donors (Lipinski definition) is 0. The number of halogens is 2. The Morgan fingerprint density at radius 3 is 2.29 bits per heavy atom. The van der Waals surface area contributed by atoms with Crippen LogP contribution in [0.5, 0.6) is 0 Å². The van der Waals surface area contributed by atoms with Crippen molar-refractivity contribution in [3.05, 3.63) is 30.3 Å². The van der Waals surface area contributed by atoms with Crippen molar-refractivity contribution in [2.45, 2.75) is 0 Å². The monoisotopic (exact) mass is 234 g/mol. The van der Waals surface area contributed by atoms with Gasteiger partial charge in [0.05, 0.1) is 12.8 Å². The van der Waals surface area contributed by atoms with Crippen molar-refractivity contribution >= 4 is 35.3 Å². The van der Waals surface area contributed by atoms with Gasteiger partial charge in [-0.25, -0.2) is 4.79 Å². The Morgan fingerprint density at radius 1 is 1.29 bits per heavy atom. The van der Waals surface area contributed by atoms with Crippen LogP contribution in [0.25, 0.3) is 0 Å². The minimum Gasteiger partial charge on any atom is -0.268 e. The molecule has 0 saturated heterocycles. The van der Waals surface area contributed by atoms with E-state index in [9.17, 15) is 4.79 Å². The highest BCUT2D eigenvalue weighted by Crippen LogP contribution is 2.17. The number of hydrogen-bond acceptors (Lipinski definition) is 2. The van der Waals surface area contributed by atoms with Gasteiger partial charge in [-0.05, 0) is 12.1 Å². The smallest absolute Gasteiger partial charge is 0.268 e. The Balaban J connectivity index is 2.88. The van der Waals surface area contributed by atoms with E-state index in [0.29, 0.717) is 9.63 Å². The summed E-state index contributed by atoms with van der Waals surface area (Å²) in [6.45, 7) is 0. The number of hydroxylamine groups is 1. The first-order valence-electron chi connectivity index (χ1n) is 3.71. The van der Waals surface area contributed by atoms with E-state index in [1.54, 1.807) is 24.3 Å². The van der Waals surface area contributed by atoms with Gasteiger partial charge in [0.25, 0.3) is 0 Å². The molecule has 0 spiro atoms. The zero-order valence-corrected chi connectivity index (χ0v) is 8.87. The fourth-order valence-corrected chi connectivity index (χ4v) is 1.06. The van der Waals surface area contributed by atoms with Crippen LogP contribution in [-0.2, 0) is 4.84 Å². The summed E-state index contributed by atoms with van der Waals surface area (Å²) in [5.41, 5.74) is 0.548. The Bertz CT molecular complexity index is 305. The maximum absolute atomic E-state index is 11.3. The van der Waals surface area contributed by atoms with Gasteiger partial charge in [-0.3, -0.25) is 4.84 Å². The second-order valence-electron chi connectivity index (χ2n) is 2.33. The average molecular weight is 235 g/mol. The second-order valence-corrected chi connectivity index (χ2v) is 3.18. The molecule has 76 valence electrons. The summed E-state index contributed by atoms with van der Waals surface area (Å²) in [5, 5.41) is 0.972. The number of anilines is 1. The highest BCUT2D eigenvalue weighted by Gasteiger charge is 2.19. The molecule has 0 aliphatic carbocycles. The highest BCUT2D eigenvalue weighted by atomic mass is 35.5. The van der Waals surface area contributed by atoms with E-state index in [1.807, 2.05) is 6.07 Å². The molecule has 1 aromatic rings. The number of urea groups is 1. The number of benzene rings is 1. The minimum atomic E-state index is -0.679. The van der Waals surface area contributed by atoms with Crippen molar-refractivity contribution in [3.63, 3.8) is 0 Å². The summed E-state index contributed by atoms with van der Waals surface area (Å²) in [6, 6.07) is 8.06. The van der Waals surface area contributed by atoms with Gasteiger partial charge in [0.2, 0.25) is 0 Å². The zero-order chi connectivity index (χ0) is 10.6. The molecule has 0 aromatic heterocycles. The first kappa shape index (κ1) is 11.1. The largest absolute Gasteiger partial charge is 0.378 e. The summed E-state index contributed by atoms with van der Waals surface area (Å²) in [7, 11) is 1.35. The molecule has 0 heterocycles. The molecule has 0 saturated carbocycles. The van der Waals surface area contributed by atoms with E-state index in [2.05, 4.69) is 0 Å². The summed E-state index contributed by atoms with van der Waals surface area (Å²) in [6.07, 6.45) is 0. The van der Waals surface area contributed by atoms with Crippen LogP contribution in [0.2, 0.25) is 0 Å². The fourth-order valence-electron chi connectivity index (χ4n) is 0.926. The van der Waals surface area contributed by atoms with Crippen molar-refractivity contribution in [2.75, 3.05) is 12.2 Å². The number of carbonyl (C=O) groups excluding carboxylic acids is 1. The van der Waals surface area contributed by atoms with Crippen LogP contribution in [0.4, 0.5) is 10.5 Å². The summed E-state index contributed by atoms with van der Waals surface area (Å²) in [4.78, 5) is 16.2. The summed E-state index contributed by atoms with van der Waals surface area (Å²) < 4.78 is 0.399. The average Bonchev–Trinajstić information content (AvgIpc) is 2.20. The van der Waals surface area contributed by atoms with Gasteiger partial charge in [0.15, 0.2) is 0 Å². The first-order valence-corrected chi connectivity index (χ1v) is 4.39. The van der Waals surface area contributed by atoms with Crippen LogP contribution in [0.3, 0.4) is 0 Å². The SMILES string of the molecule is CON(C(=O)N(Cl)Cl)c1ccccc1. The maximum atomic E-state index is 11.3. The van der Waals surface area contributed by atoms with Crippen LogP contribution in [0.1, 0.15) is 0 Å². The fraction of sp³-hybridized carbons (Fsp3) is 0.125. The van der Waals surface area contributed by atoms with Crippen LogP contribution in [0, 0.1) is 0 Å². The first-order chi connectivity index (χ1) is 6.66. The summed E-state index contributed by atoms with van der Waals surface area (Å²) in [5.74, 6) is 0. The molecule has 6 heteroatoms. The topological polar surface area (TPSA) is 32.8 Å². The van der Waals surface area contributed by atoms with Crippen LogP contribution < -0.4 is 5.06 Å². The molecular weight excluding hydrogens is 227 g/mol. The van der Waals surface area contributed by atoms with E-state index in [1.165, 1.54) is 7.11 Å². The Kier molecular flexibility index (Phi) is 4.00. The molecule has 4 nitrogen and oxygen atoms in total. The van der Waals surface area contributed by atoms with Crippen molar-refractivity contribution in [1.29, 1.82) is 0 Å². The molecule has 2 amide bonds. The van der Waals surface area contributed by atoms with E-state index < -0.39 is 6.03 Å². The lowest BCUT2D eigenvalue weighted by Crippen LogP contribution is -2.33. The second kappa shape index (κ2) is 5.05. The predicted molar refractivity (Wildman–Crippen MR) is 54.9 cm³/mol. The molecule has 1 rings (SSSR count). The normalized spacial score (nSPS) is 9.64. The number of para-hydroxylation sites is 1. The minimum absolute atomic E-state index is 0.399. The molecule has 0 radical (unpaired) electrons. The molecule has 0 aliphatic rings. The maximum Gasteiger partial charge on any atom is 0.378 e. The van der Waals surface area contributed by atoms with Crippen LogP contribution in [0.15, 0.2) is 30.3 Å². The number of rotatable bonds is 2. The number of carbonyl (C=O) groups is 1. The van der Waals surface area contributed by atoms with Gasteiger partial charge in [0.1, 0.15) is 0 Å². The van der Waals surface area contributed by atoms with Gasteiger partial charge in [-0.2, -0.15) is 5.06 Å². The van der Waals surface area contributed by atoms with E-state index in [4.69, 9.17) is 28.4 Å². The molecule has 0 N–H and O–H groups in total. The molecule has 0 bridgehead atoms. The molecule has 14 heavy (non-hydrogen) atoms. The standard InChI is InChI=1S/C8H8Cl2N2O2/c1-14-11(8(13)12(9)10)7-5-3-2-4-6-7/h2-6H,1H3. The van der Waals surface area contributed by atoms with Crippen LogP contribution in [-0.4, -0.2) is 17.1 Å². The van der Waals surface area contributed by atoms with Crippen molar-refractivity contribution in [3.8, 4) is 0 Å². The van der Waals surface area contributed by atoms with Crippen molar-refractivity contribution in [1.82, 2.24) is 3.94 Å². The number of nitrogens with zero attached hydrogens (tertiary/aromatic N) is 2. The third kappa shape index (κ3) is 2.51. The predicted octanol–water partition coefficient (Wildman–Crippen LogP) is 2.78. The quantitative estimate of drug-likeness (QED) is 0.583. The van der Waals surface area contributed by atoms with Gasteiger partial charge in [-0.15, -0.1) is 3.94 Å². The Morgan fingerprint density at radius 2 is 1.86 bits per heavy atom. The lowest BCUT2D eigenvalue weighted by Gasteiger charge is -2.19. The van der Waals surface area contributed by atoms with Gasteiger partial charge < -0.3 is 0 Å². The molecule has 0 aliphatic heterocycles. The lowest BCUT2D eigenvalue weighted by molar-refractivity contribution is 0.159. The molecule has 0 atom stereocenters. The molecular formula is C8H8Cl2N2O2. The highest BCUT2D eigenvalue weighted by molar-refractivity contribution is 6.42. The van der Waals surface area contributed by atoms with E-state index in [0.717, 1.165) is 5.06 Å². The molecule has 0 unspecified atom stereocenters. The Hall–Kier alpha value is -0.970. The molecule has 0 fully saturated rings. The lowest BCUT2D eigenvalue weighted by atomic mass is 10.3. The van der Waals surface area contributed by atoms with Crippen LogP contribution >= 0.6 is 23.6 Å². The molecule has 1 aromatic carbocycles. The van der Waals surface area contributed by atoms with Gasteiger partial charge >= 0.3 is 6.03 Å². The third-order valence-corrected chi connectivity index (χ3v) is 1.78. The zero-order valence-electron chi connectivity index (χ0n) is 7.35. The Labute approximate surface area is 91.7 Å². The van der Waals surface area contributed by atoms with Crippen molar-refractivity contribution < 1.29 is 9.63 Å². The van der Waals surface area contributed by atoms with Gasteiger partial charge in [0, 0.05) is 23.6 Å². The van der Waals surface area contributed by atoms with E-state index >= 15 is 0 Å².